The number of ether oxygens (including phenoxy) is 3. The lowest BCUT2D eigenvalue weighted by atomic mass is 9.89. The van der Waals surface area contributed by atoms with E-state index in [1.807, 2.05) is 0 Å². The maximum absolute atomic E-state index is 15.1. The molecular weight excluding hydrogens is 542 g/mol. The van der Waals surface area contributed by atoms with Crippen LogP contribution in [-0.4, -0.2) is 38.3 Å². The van der Waals surface area contributed by atoms with Gasteiger partial charge in [0.15, 0.2) is 11.5 Å². The minimum atomic E-state index is -4.45. The van der Waals surface area contributed by atoms with Gasteiger partial charge in [-0.1, -0.05) is 12.1 Å². The molecule has 0 spiro atoms. The van der Waals surface area contributed by atoms with E-state index in [4.69, 9.17) is 18.6 Å². The lowest BCUT2D eigenvalue weighted by Crippen LogP contribution is -2.35. The summed E-state index contributed by atoms with van der Waals surface area (Å²) in [6.07, 6.45) is -0.756. The number of hydrogen-bond acceptors (Lipinski definition) is 6. The second-order valence-electron chi connectivity index (χ2n) is 10.2. The normalized spacial score (nSPS) is 12.0. The average Bonchev–Trinajstić information content (AvgIpc) is 3.41. The van der Waals surface area contributed by atoms with Crippen molar-refractivity contribution in [3.63, 3.8) is 0 Å². The lowest BCUT2D eigenvalue weighted by molar-refractivity contribution is -0.184. The fourth-order valence-corrected chi connectivity index (χ4v) is 4.54. The van der Waals surface area contributed by atoms with E-state index in [0.717, 1.165) is 13.8 Å². The van der Waals surface area contributed by atoms with E-state index < -0.39 is 17.4 Å². The molecule has 0 aliphatic heterocycles. The van der Waals surface area contributed by atoms with Crippen molar-refractivity contribution in [1.82, 2.24) is 4.98 Å². The first kappa shape index (κ1) is 29.9. The Morgan fingerprint density at radius 2 is 1.68 bits per heavy atom. The minimum absolute atomic E-state index is 0.103. The van der Waals surface area contributed by atoms with Gasteiger partial charge in [0.05, 0.1) is 33.1 Å². The van der Waals surface area contributed by atoms with Gasteiger partial charge in [0, 0.05) is 36.1 Å². The number of halogens is 4. The molecule has 0 saturated carbocycles. The summed E-state index contributed by atoms with van der Waals surface area (Å²) in [6, 6.07) is 9.44. The molecule has 0 fully saturated rings. The summed E-state index contributed by atoms with van der Waals surface area (Å²) in [5.41, 5.74) is 0.416. The number of fused-ring (bicyclic) bond motifs is 1. The fraction of sp³-hybridized carbons (Fsp3) is 0.355. The van der Waals surface area contributed by atoms with Crippen LogP contribution in [0.3, 0.4) is 0 Å². The summed E-state index contributed by atoms with van der Waals surface area (Å²) in [4.78, 5) is 17.1. The minimum Gasteiger partial charge on any atom is -0.495 e. The molecule has 2 aromatic carbocycles. The third-order valence-electron chi connectivity index (χ3n) is 7.18. The maximum Gasteiger partial charge on any atom is 0.400 e. The van der Waals surface area contributed by atoms with Crippen LogP contribution in [0.2, 0.25) is 0 Å². The van der Waals surface area contributed by atoms with E-state index in [0.29, 0.717) is 57.7 Å². The number of pyridine rings is 1. The van der Waals surface area contributed by atoms with Gasteiger partial charge in [0.1, 0.15) is 28.5 Å². The lowest BCUT2D eigenvalue weighted by Gasteiger charge is -2.25. The van der Waals surface area contributed by atoms with Gasteiger partial charge in [0.2, 0.25) is 0 Å². The highest BCUT2D eigenvalue weighted by atomic mass is 19.4. The Kier molecular flexibility index (Phi) is 8.60. The van der Waals surface area contributed by atoms with Gasteiger partial charge in [-0.15, -0.1) is 0 Å². The van der Waals surface area contributed by atoms with Crippen LogP contribution in [0.25, 0.3) is 22.0 Å². The Morgan fingerprint density at radius 1 is 0.976 bits per heavy atom. The highest BCUT2D eigenvalue weighted by molar-refractivity contribution is 5.94. The molecule has 2 aromatic heterocycles. The molecule has 0 radical (unpaired) electrons. The molecule has 41 heavy (non-hydrogen) atoms. The zero-order valence-corrected chi connectivity index (χ0v) is 23.4. The topological polar surface area (TPSA) is 70.8 Å². The average molecular weight is 574 g/mol. The number of aryl methyl sites for hydroxylation is 1. The number of furan rings is 1. The molecule has 0 N–H and O–H groups in total. The Morgan fingerprint density at radius 3 is 2.32 bits per heavy atom. The Balaban J connectivity index is 1.44. The van der Waals surface area contributed by atoms with Crippen molar-refractivity contribution in [2.24, 2.45) is 0 Å². The van der Waals surface area contributed by atoms with Crippen molar-refractivity contribution >= 4 is 16.7 Å². The van der Waals surface area contributed by atoms with Crippen molar-refractivity contribution in [1.29, 1.82) is 0 Å². The van der Waals surface area contributed by atoms with Crippen LogP contribution in [0.4, 0.5) is 17.6 Å². The monoisotopic (exact) mass is 573 g/mol. The first-order valence-electron chi connectivity index (χ1n) is 12.9. The smallest absolute Gasteiger partial charge is 0.400 e. The summed E-state index contributed by atoms with van der Waals surface area (Å²) in [7, 11) is 4.57. The number of alkyl halides is 3. The van der Waals surface area contributed by atoms with Gasteiger partial charge in [-0.05, 0) is 61.6 Å². The second-order valence-corrected chi connectivity index (χ2v) is 10.2. The molecule has 0 bridgehead atoms. The fourth-order valence-electron chi connectivity index (χ4n) is 4.54. The summed E-state index contributed by atoms with van der Waals surface area (Å²) in [5, 5.41) is 0.661. The predicted molar refractivity (Wildman–Crippen MR) is 146 cm³/mol. The summed E-state index contributed by atoms with van der Waals surface area (Å²) < 4.78 is 76.4. The molecule has 0 atom stereocenters. The van der Waals surface area contributed by atoms with Crippen molar-refractivity contribution in [2.45, 2.75) is 51.1 Å². The predicted octanol–water partition coefficient (Wildman–Crippen LogP) is 7.63. The third-order valence-corrected chi connectivity index (χ3v) is 7.18. The summed E-state index contributed by atoms with van der Waals surface area (Å²) in [6.45, 7) is 2.11. The van der Waals surface area contributed by atoms with Gasteiger partial charge in [-0.2, -0.15) is 13.2 Å². The SMILES string of the molecule is COc1cc2ncc(-c3ccc(CC(=O)CCCc4coc(C(C)(C)C(F)(F)F)c4)c(F)c3)c(OC)c2cc1OC. The number of methoxy groups -OCH3 is 3. The molecule has 0 aliphatic carbocycles. The second kappa shape index (κ2) is 11.8. The van der Waals surface area contributed by atoms with Crippen molar-refractivity contribution in [3.8, 4) is 28.4 Å². The van der Waals surface area contributed by atoms with Crippen molar-refractivity contribution in [2.75, 3.05) is 21.3 Å². The van der Waals surface area contributed by atoms with Crippen LogP contribution in [-0.2, 0) is 23.1 Å². The van der Waals surface area contributed by atoms with Gasteiger partial charge >= 0.3 is 6.18 Å². The molecular formula is C31H31F4NO5. The summed E-state index contributed by atoms with van der Waals surface area (Å²) >= 11 is 0. The molecule has 0 aliphatic rings. The van der Waals surface area contributed by atoms with Gasteiger partial charge < -0.3 is 18.6 Å². The van der Waals surface area contributed by atoms with Gasteiger partial charge in [-0.25, -0.2) is 4.39 Å². The number of Topliss-reactive ketones (excluding diaryl/α,β-unsaturated/α-hetero) is 1. The quantitative estimate of drug-likeness (QED) is 0.172. The zero-order valence-electron chi connectivity index (χ0n) is 23.4. The molecule has 10 heteroatoms. The molecule has 2 heterocycles. The number of nitrogens with zero attached hydrogens (tertiary/aromatic N) is 1. The van der Waals surface area contributed by atoms with E-state index in [9.17, 15) is 18.0 Å². The molecule has 218 valence electrons. The van der Waals surface area contributed by atoms with Crippen LogP contribution in [0.5, 0.6) is 17.2 Å². The van der Waals surface area contributed by atoms with Crippen LogP contribution in [0.15, 0.2) is 53.3 Å². The standard InChI is InChI=1S/C31H31F4NO5/c1-30(2,31(33,34)35)28-11-18(17-41-28)7-6-8-21(37)12-20-10-9-19(13-24(20)32)23-16-36-25-15-27(39-4)26(38-3)14-22(25)29(23)40-5/h9-11,13-17H,6-8,12H2,1-5H3. The number of carbonyl (C=O) groups is 1. The molecule has 0 amide bonds. The van der Waals surface area contributed by atoms with Gasteiger partial charge in [-0.3, -0.25) is 9.78 Å². The number of benzene rings is 2. The van der Waals surface area contributed by atoms with Crippen LogP contribution in [0.1, 0.15) is 43.6 Å². The number of ketones is 1. The highest BCUT2D eigenvalue weighted by Crippen LogP contribution is 2.42. The van der Waals surface area contributed by atoms with E-state index in [2.05, 4.69) is 4.98 Å². The number of hydrogen-bond donors (Lipinski definition) is 0. The van der Waals surface area contributed by atoms with E-state index in [-0.39, 0.29) is 29.9 Å². The number of carbonyl (C=O) groups excluding carboxylic acids is 1. The van der Waals surface area contributed by atoms with Crippen molar-refractivity contribution in [3.05, 3.63) is 71.6 Å². The first-order valence-corrected chi connectivity index (χ1v) is 12.9. The molecule has 6 nitrogen and oxygen atoms in total. The van der Waals surface area contributed by atoms with E-state index in [1.165, 1.54) is 39.7 Å². The Bertz CT molecular complexity index is 1560. The molecule has 0 saturated heterocycles. The van der Waals surface area contributed by atoms with Crippen LogP contribution >= 0.6 is 0 Å². The Labute approximate surface area is 235 Å². The van der Waals surface area contributed by atoms with E-state index in [1.54, 1.807) is 30.5 Å². The number of aromatic nitrogens is 1. The highest BCUT2D eigenvalue weighted by Gasteiger charge is 2.50. The zero-order chi connectivity index (χ0) is 29.9. The third kappa shape index (κ3) is 6.16. The number of rotatable bonds is 11. The van der Waals surface area contributed by atoms with Crippen LogP contribution in [0, 0.1) is 5.82 Å². The largest absolute Gasteiger partial charge is 0.495 e. The van der Waals surface area contributed by atoms with E-state index >= 15 is 4.39 Å². The molecule has 0 unspecified atom stereocenters. The molecule has 4 aromatic rings. The van der Waals surface area contributed by atoms with Crippen molar-refractivity contribution < 1.29 is 41.0 Å². The Hall–Kier alpha value is -4.08. The van der Waals surface area contributed by atoms with Crippen LogP contribution < -0.4 is 14.2 Å². The van der Waals surface area contributed by atoms with Gasteiger partial charge in [0.25, 0.3) is 0 Å². The first-order chi connectivity index (χ1) is 19.4. The summed E-state index contributed by atoms with van der Waals surface area (Å²) in [5.74, 6) is 0.602. The maximum atomic E-state index is 15.1. The molecule has 4 rings (SSSR count).